The first-order chi connectivity index (χ1) is 6.63. The van der Waals surface area contributed by atoms with Crippen LogP contribution >= 0.6 is 0 Å². The van der Waals surface area contributed by atoms with Gasteiger partial charge in [0.2, 0.25) is 0 Å². The van der Waals surface area contributed by atoms with E-state index in [4.69, 9.17) is 4.74 Å². The highest BCUT2D eigenvalue weighted by Gasteiger charge is 2.03. The Balaban J connectivity index is 2.59. The number of carbonyl (C=O) groups is 1. The summed E-state index contributed by atoms with van der Waals surface area (Å²) in [5.74, 6) is 0.00224. The zero-order chi connectivity index (χ0) is 10.6. The van der Waals surface area contributed by atoms with E-state index in [1.54, 1.807) is 26.0 Å². The Morgan fingerprint density at radius 2 is 2.29 bits per heavy atom. The summed E-state index contributed by atoms with van der Waals surface area (Å²) < 4.78 is 18.3. The topological polar surface area (TPSA) is 26.3 Å². The van der Waals surface area contributed by atoms with Crippen molar-refractivity contribution in [1.29, 1.82) is 0 Å². The van der Waals surface area contributed by atoms with Crippen molar-refractivity contribution < 1.29 is 13.9 Å². The molecule has 1 rings (SSSR count). The largest absolute Gasteiger partial charge is 0.493 e. The first kappa shape index (κ1) is 10.7. The van der Waals surface area contributed by atoms with Crippen molar-refractivity contribution in [2.45, 2.75) is 13.8 Å². The fourth-order valence-electron chi connectivity index (χ4n) is 0.930. The molecular weight excluding hydrogens is 183 g/mol. The quantitative estimate of drug-likeness (QED) is 0.691. The molecule has 0 aliphatic heterocycles. The lowest BCUT2D eigenvalue weighted by Crippen LogP contribution is -2.09. The van der Waals surface area contributed by atoms with E-state index in [0.29, 0.717) is 11.3 Å². The Kier molecular flexibility index (Phi) is 3.63. The minimum absolute atomic E-state index is 0.167. The molecule has 3 heteroatoms. The molecule has 0 saturated carbocycles. The number of aryl methyl sites for hydroxylation is 1. The van der Waals surface area contributed by atoms with Crippen molar-refractivity contribution in [3.8, 4) is 5.75 Å². The Hall–Kier alpha value is -1.38. The number of halogens is 1. The maximum atomic E-state index is 13.0. The molecule has 0 aliphatic carbocycles. The molecule has 1 atom stereocenters. The van der Waals surface area contributed by atoms with E-state index < -0.39 is 0 Å². The van der Waals surface area contributed by atoms with Gasteiger partial charge in [0.1, 0.15) is 17.9 Å². The van der Waals surface area contributed by atoms with E-state index in [9.17, 15) is 9.18 Å². The van der Waals surface area contributed by atoms with Crippen LogP contribution in [0.4, 0.5) is 4.39 Å². The van der Waals surface area contributed by atoms with Crippen LogP contribution in [0.5, 0.6) is 5.75 Å². The smallest absolute Gasteiger partial charge is 0.129 e. The first-order valence-electron chi connectivity index (χ1n) is 4.47. The SMILES string of the molecule is Cc1ccc(OC[C@H](C)C=O)cc1F. The highest BCUT2D eigenvalue weighted by atomic mass is 19.1. The Bertz CT molecular complexity index is 323. The highest BCUT2D eigenvalue weighted by molar-refractivity contribution is 5.52. The van der Waals surface area contributed by atoms with Crippen molar-refractivity contribution in [2.75, 3.05) is 6.61 Å². The number of aldehydes is 1. The zero-order valence-corrected chi connectivity index (χ0v) is 8.29. The number of carbonyl (C=O) groups excluding carboxylic acids is 1. The van der Waals surface area contributed by atoms with Crippen molar-refractivity contribution in [1.82, 2.24) is 0 Å². The van der Waals surface area contributed by atoms with E-state index in [1.165, 1.54) is 6.07 Å². The van der Waals surface area contributed by atoms with Gasteiger partial charge < -0.3 is 9.53 Å². The maximum absolute atomic E-state index is 13.0. The van der Waals surface area contributed by atoms with E-state index in [1.807, 2.05) is 0 Å². The van der Waals surface area contributed by atoms with Crippen LogP contribution in [0.15, 0.2) is 18.2 Å². The second-order valence-corrected chi connectivity index (χ2v) is 3.34. The molecule has 0 N–H and O–H groups in total. The summed E-state index contributed by atoms with van der Waals surface area (Å²) in [6.45, 7) is 3.72. The van der Waals surface area contributed by atoms with E-state index in [-0.39, 0.29) is 18.3 Å². The number of hydrogen-bond acceptors (Lipinski definition) is 2. The standard InChI is InChI=1S/C11H13FO2/c1-8(6-13)7-14-10-4-3-9(2)11(12)5-10/h3-6,8H,7H2,1-2H3/t8-/m1/s1. The molecule has 0 spiro atoms. The maximum Gasteiger partial charge on any atom is 0.129 e. The molecule has 0 fully saturated rings. The van der Waals surface area contributed by atoms with Gasteiger partial charge in [-0.2, -0.15) is 0 Å². The molecule has 0 radical (unpaired) electrons. The van der Waals surface area contributed by atoms with Crippen LogP contribution in [0.3, 0.4) is 0 Å². The summed E-state index contributed by atoms with van der Waals surface area (Å²) in [7, 11) is 0. The molecule has 1 aromatic carbocycles. The van der Waals surface area contributed by atoms with Gasteiger partial charge in [-0.3, -0.25) is 0 Å². The van der Waals surface area contributed by atoms with E-state index >= 15 is 0 Å². The van der Waals surface area contributed by atoms with Crippen LogP contribution < -0.4 is 4.74 Å². The molecule has 0 aliphatic rings. The summed E-state index contributed by atoms with van der Waals surface area (Å²) in [6, 6.07) is 4.67. The number of benzene rings is 1. The normalized spacial score (nSPS) is 12.2. The fourth-order valence-corrected chi connectivity index (χ4v) is 0.930. The number of hydrogen-bond donors (Lipinski definition) is 0. The third-order valence-electron chi connectivity index (χ3n) is 1.89. The lowest BCUT2D eigenvalue weighted by Gasteiger charge is -2.08. The summed E-state index contributed by atoms with van der Waals surface area (Å²) >= 11 is 0. The average molecular weight is 196 g/mol. The van der Waals surface area contributed by atoms with Gasteiger partial charge in [0.25, 0.3) is 0 Å². The van der Waals surface area contributed by atoms with Gasteiger partial charge in [-0.05, 0) is 18.6 Å². The summed E-state index contributed by atoms with van der Waals surface area (Å²) in [5.41, 5.74) is 0.584. The van der Waals surface area contributed by atoms with E-state index in [0.717, 1.165) is 6.29 Å². The predicted molar refractivity (Wildman–Crippen MR) is 51.9 cm³/mol. The number of ether oxygens (including phenoxy) is 1. The minimum Gasteiger partial charge on any atom is -0.493 e. The highest BCUT2D eigenvalue weighted by Crippen LogP contribution is 2.16. The Morgan fingerprint density at radius 1 is 1.57 bits per heavy atom. The van der Waals surface area contributed by atoms with Gasteiger partial charge >= 0.3 is 0 Å². The average Bonchev–Trinajstić information content (AvgIpc) is 2.19. The van der Waals surface area contributed by atoms with Crippen LogP contribution in [0.1, 0.15) is 12.5 Å². The summed E-state index contributed by atoms with van der Waals surface area (Å²) in [6.07, 6.45) is 0.810. The number of rotatable bonds is 4. The van der Waals surface area contributed by atoms with Crippen molar-refractivity contribution in [3.63, 3.8) is 0 Å². The van der Waals surface area contributed by atoms with Gasteiger partial charge in [-0.25, -0.2) is 4.39 Å². The molecule has 1 aromatic rings. The summed E-state index contributed by atoms with van der Waals surface area (Å²) in [4.78, 5) is 10.3. The lowest BCUT2D eigenvalue weighted by atomic mass is 10.2. The van der Waals surface area contributed by atoms with Crippen LogP contribution in [0, 0.1) is 18.7 Å². The predicted octanol–water partition coefficient (Wildman–Crippen LogP) is 2.35. The van der Waals surface area contributed by atoms with Gasteiger partial charge in [0.05, 0.1) is 6.61 Å². The van der Waals surface area contributed by atoms with E-state index in [2.05, 4.69) is 0 Å². The van der Waals surface area contributed by atoms with Gasteiger partial charge in [-0.15, -0.1) is 0 Å². The summed E-state index contributed by atoms with van der Waals surface area (Å²) in [5, 5.41) is 0. The molecule has 14 heavy (non-hydrogen) atoms. The monoisotopic (exact) mass is 196 g/mol. The molecule has 0 saturated heterocycles. The van der Waals surface area contributed by atoms with Crippen LogP contribution in [-0.2, 0) is 4.79 Å². The van der Waals surface area contributed by atoms with Gasteiger partial charge in [0.15, 0.2) is 0 Å². The third kappa shape index (κ3) is 2.83. The van der Waals surface area contributed by atoms with Crippen molar-refractivity contribution >= 4 is 6.29 Å². The second kappa shape index (κ2) is 4.74. The van der Waals surface area contributed by atoms with Gasteiger partial charge in [0, 0.05) is 12.0 Å². The lowest BCUT2D eigenvalue weighted by molar-refractivity contribution is -0.111. The Labute approximate surface area is 82.7 Å². The van der Waals surface area contributed by atoms with Gasteiger partial charge in [-0.1, -0.05) is 13.0 Å². The molecule has 2 nitrogen and oxygen atoms in total. The second-order valence-electron chi connectivity index (χ2n) is 3.34. The zero-order valence-electron chi connectivity index (χ0n) is 8.29. The Morgan fingerprint density at radius 3 is 2.86 bits per heavy atom. The van der Waals surface area contributed by atoms with Crippen LogP contribution in [-0.4, -0.2) is 12.9 Å². The molecule has 0 amide bonds. The molecular formula is C11H13FO2. The minimum atomic E-state index is -0.291. The molecule has 0 aromatic heterocycles. The van der Waals surface area contributed by atoms with Crippen LogP contribution in [0.2, 0.25) is 0 Å². The van der Waals surface area contributed by atoms with Crippen LogP contribution in [0.25, 0.3) is 0 Å². The fraction of sp³-hybridized carbons (Fsp3) is 0.364. The third-order valence-corrected chi connectivity index (χ3v) is 1.89. The molecule has 76 valence electrons. The van der Waals surface area contributed by atoms with Crippen molar-refractivity contribution in [3.05, 3.63) is 29.6 Å². The molecule has 0 heterocycles. The first-order valence-corrected chi connectivity index (χ1v) is 4.47. The molecule has 0 unspecified atom stereocenters. The molecule has 0 bridgehead atoms. The van der Waals surface area contributed by atoms with Crippen molar-refractivity contribution in [2.24, 2.45) is 5.92 Å².